The van der Waals surface area contributed by atoms with Gasteiger partial charge >= 0.3 is 0 Å². The number of carbonyl (C=O) groups is 2. The summed E-state index contributed by atoms with van der Waals surface area (Å²) in [6.07, 6.45) is 1.65. The van der Waals surface area contributed by atoms with E-state index in [9.17, 15) is 9.59 Å². The summed E-state index contributed by atoms with van der Waals surface area (Å²) in [5.74, 6) is 1.34. The van der Waals surface area contributed by atoms with Crippen LogP contribution in [-0.2, 0) is 4.79 Å². The molecule has 1 saturated heterocycles. The predicted molar refractivity (Wildman–Crippen MR) is 140 cm³/mol. The molecule has 8 nitrogen and oxygen atoms in total. The van der Waals surface area contributed by atoms with E-state index in [0.717, 1.165) is 28.4 Å². The van der Waals surface area contributed by atoms with Crippen molar-refractivity contribution < 1.29 is 14.3 Å². The standard InChI is InChI=1S/C28H31N5O3/c1-4-15-33(28(35)24-8-6-5-7-21(24)2)20-27(34)32-18-16-31(17-19-32)26-14-13-25(29-30-26)22-9-11-23(36-3)12-10-22/h4-14H,1,15-20H2,2-3H3. The minimum Gasteiger partial charge on any atom is -0.497 e. The fraction of sp³-hybridized carbons (Fsp3) is 0.286. The van der Waals surface area contributed by atoms with Crippen LogP contribution in [0, 0.1) is 6.92 Å². The zero-order valence-electron chi connectivity index (χ0n) is 20.8. The normalized spacial score (nSPS) is 13.3. The number of methoxy groups -OCH3 is 1. The Balaban J connectivity index is 1.34. The highest BCUT2D eigenvalue weighted by molar-refractivity contribution is 5.97. The van der Waals surface area contributed by atoms with Gasteiger partial charge in [-0.1, -0.05) is 24.3 Å². The maximum absolute atomic E-state index is 13.1. The molecular formula is C28H31N5O3. The number of carbonyl (C=O) groups excluding carboxylic acids is 2. The van der Waals surface area contributed by atoms with Crippen molar-refractivity contribution in [2.45, 2.75) is 6.92 Å². The number of hydrogen-bond acceptors (Lipinski definition) is 6. The largest absolute Gasteiger partial charge is 0.497 e. The smallest absolute Gasteiger partial charge is 0.254 e. The Kier molecular flexibility index (Phi) is 7.95. The fourth-order valence-electron chi connectivity index (χ4n) is 4.22. The SMILES string of the molecule is C=CCN(CC(=O)N1CCN(c2ccc(-c3ccc(OC)cc3)nn2)CC1)C(=O)c1ccccc1C. The maximum Gasteiger partial charge on any atom is 0.254 e. The molecule has 0 atom stereocenters. The van der Waals surface area contributed by atoms with E-state index in [0.29, 0.717) is 38.3 Å². The zero-order chi connectivity index (χ0) is 25.5. The van der Waals surface area contributed by atoms with E-state index >= 15 is 0 Å². The van der Waals surface area contributed by atoms with Crippen molar-refractivity contribution >= 4 is 17.6 Å². The average Bonchev–Trinajstić information content (AvgIpc) is 2.93. The highest BCUT2D eigenvalue weighted by Gasteiger charge is 2.26. The Bertz CT molecular complexity index is 1200. The first-order chi connectivity index (χ1) is 17.5. The van der Waals surface area contributed by atoms with Gasteiger partial charge in [0.2, 0.25) is 5.91 Å². The number of aromatic nitrogens is 2. The molecule has 0 radical (unpaired) electrons. The lowest BCUT2D eigenvalue weighted by molar-refractivity contribution is -0.132. The number of rotatable bonds is 8. The third kappa shape index (κ3) is 5.71. The zero-order valence-corrected chi connectivity index (χ0v) is 20.8. The summed E-state index contributed by atoms with van der Waals surface area (Å²) in [7, 11) is 1.64. The van der Waals surface area contributed by atoms with Gasteiger partial charge in [-0.3, -0.25) is 9.59 Å². The van der Waals surface area contributed by atoms with Crippen LogP contribution in [0.4, 0.5) is 5.82 Å². The van der Waals surface area contributed by atoms with E-state index in [1.54, 1.807) is 29.1 Å². The second kappa shape index (κ2) is 11.5. The van der Waals surface area contributed by atoms with E-state index in [1.165, 1.54) is 0 Å². The molecule has 2 heterocycles. The molecule has 0 aliphatic carbocycles. The maximum atomic E-state index is 13.1. The van der Waals surface area contributed by atoms with Crippen LogP contribution in [0.25, 0.3) is 11.3 Å². The molecule has 0 saturated carbocycles. The monoisotopic (exact) mass is 485 g/mol. The number of piperazine rings is 1. The van der Waals surface area contributed by atoms with Gasteiger partial charge in [0.25, 0.3) is 5.91 Å². The lowest BCUT2D eigenvalue weighted by Crippen LogP contribution is -2.52. The van der Waals surface area contributed by atoms with Crippen LogP contribution in [-0.4, -0.2) is 78.2 Å². The summed E-state index contributed by atoms with van der Waals surface area (Å²) in [4.78, 5) is 31.6. The molecule has 1 aliphatic heterocycles. The van der Waals surface area contributed by atoms with Gasteiger partial charge in [0.1, 0.15) is 12.3 Å². The van der Waals surface area contributed by atoms with Gasteiger partial charge in [-0.05, 0) is 55.0 Å². The third-order valence-corrected chi connectivity index (χ3v) is 6.33. The summed E-state index contributed by atoms with van der Waals surface area (Å²) in [6, 6.07) is 19.0. The van der Waals surface area contributed by atoms with Crippen LogP contribution >= 0.6 is 0 Å². The molecule has 0 N–H and O–H groups in total. The number of anilines is 1. The van der Waals surface area contributed by atoms with E-state index in [1.807, 2.05) is 61.5 Å². The van der Waals surface area contributed by atoms with Crippen LogP contribution < -0.4 is 9.64 Å². The van der Waals surface area contributed by atoms with Crippen molar-refractivity contribution in [2.75, 3.05) is 51.3 Å². The second-order valence-corrected chi connectivity index (χ2v) is 8.66. The molecule has 0 bridgehead atoms. The molecule has 2 aromatic carbocycles. The number of nitrogens with zero attached hydrogens (tertiary/aromatic N) is 5. The van der Waals surface area contributed by atoms with Crippen molar-refractivity contribution in [1.29, 1.82) is 0 Å². The quantitative estimate of drug-likeness (QED) is 0.455. The highest BCUT2D eigenvalue weighted by Crippen LogP contribution is 2.22. The first-order valence-corrected chi connectivity index (χ1v) is 12.0. The number of aryl methyl sites for hydroxylation is 1. The molecule has 8 heteroatoms. The third-order valence-electron chi connectivity index (χ3n) is 6.33. The van der Waals surface area contributed by atoms with Gasteiger partial charge < -0.3 is 19.4 Å². The minimum atomic E-state index is -0.160. The second-order valence-electron chi connectivity index (χ2n) is 8.66. The molecule has 1 aliphatic rings. The first-order valence-electron chi connectivity index (χ1n) is 12.0. The lowest BCUT2D eigenvalue weighted by Gasteiger charge is -2.36. The molecule has 1 fully saturated rings. The Morgan fingerprint density at radius 1 is 1.00 bits per heavy atom. The van der Waals surface area contributed by atoms with Crippen molar-refractivity contribution in [2.24, 2.45) is 0 Å². The van der Waals surface area contributed by atoms with Gasteiger partial charge in [0.05, 0.1) is 12.8 Å². The molecule has 4 rings (SSSR count). The van der Waals surface area contributed by atoms with Crippen LogP contribution in [0.2, 0.25) is 0 Å². The summed E-state index contributed by atoms with van der Waals surface area (Å²) < 4.78 is 5.20. The number of ether oxygens (including phenoxy) is 1. The van der Waals surface area contributed by atoms with Crippen LogP contribution in [0.5, 0.6) is 5.75 Å². The number of amides is 2. The molecule has 186 valence electrons. The van der Waals surface area contributed by atoms with Crippen molar-refractivity contribution in [1.82, 2.24) is 20.0 Å². The fourth-order valence-corrected chi connectivity index (χ4v) is 4.22. The Labute approximate surface area is 211 Å². The predicted octanol–water partition coefficient (Wildman–Crippen LogP) is 3.44. The molecule has 1 aromatic heterocycles. The number of benzene rings is 2. The lowest BCUT2D eigenvalue weighted by atomic mass is 10.1. The molecule has 36 heavy (non-hydrogen) atoms. The van der Waals surface area contributed by atoms with Crippen LogP contribution in [0.1, 0.15) is 15.9 Å². The van der Waals surface area contributed by atoms with Gasteiger partial charge in [-0.15, -0.1) is 16.8 Å². The molecule has 0 unspecified atom stereocenters. The Morgan fingerprint density at radius 3 is 2.33 bits per heavy atom. The van der Waals surface area contributed by atoms with Gasteiger partial charge in [-0.2, -0.15) is 0 Å². The van der Waals surface area contributed by atoms with Crippen molar-refractivity contribution in [3.63, 3.8) is 0 Å². The number of hydrogen-bond donors (Lipinski definition) is 0. The Hall–Kier alpha value is -4.20. The van der Waals surface area contributed by atoms with Gasteiger partial charge in [-0.25, -0.2) is 0 Å². The van der Waals surface area contributed by atoms with E-state index < -0.39 is 0 Å². The van der Waals surface area contributed by atoms with Crippen LogP contribution in [0.3, 0.4) is 0 Å². The molecule has 2 amide bonds. The van der Waals surface area contributed by atoms with Gasteiger partial charge in [0.15, 0.2) is 5.82 Å². The summed E-state index contributed by atoms with van der Waals surface area (Å²) in [5.41, 5.74) is 3.25. The first kappa shape index (κ1) is 24.9. The van der Waals surface area contributed by atoms with Gasteiger partial charge in [0, 0.05) is 43.9 Å². The van der Waals surface area contributed by atoms with E-state index in [4.69, 9.17) is 4.74 Å². The van der Waals surface area contributed by atoms with Crippen molar-refractivity contribution in [3.05, 3.63) is 84.4 Å². The molecule has 3 aromatic rings. The average molecular weight is 486 g/mol. The van der Waals surface area contributed by atoms with E-state index in [-0.39, 0.29) is 18.4 Å². The summed E-state index contributed by atoms with van der Waals surface area (Å²) in [5, 5.41) is 8.79. The van der Waals surface area contributed by atoms with E-state index in [2.05, 4.69) is 21.7 Å². The summed E-state index contributed by atoms with van der Waals surface area (Å²) in [6.45, 7) is 8.40. The molecule has 0 spiro atoms. The van der Waals surface area contributed by atoms with Crippen LogP contribution in [0.15, 0.2) is 73.3 Å². The Morgan fingerprint density at radius 2 is 1.72 bits per heavy atom. The topological polar surface area (TPSA) is 78.9 Å². The van der Waals surface area contributed by atoms with Crippen molar-refractivity contribution in [3.8, 4) is 17.0 Å². The summed E-state index contributed by atoms with van der Waals surface area (Å²) >= 11 is 0. The minimum absolute atomic E-state index is 0.0234. The highest BCUT2D eigenvalue weighted by atomic mass is 16.5. The molecular weight excluding hydrogens is 454 g/mol.